The first-order valence-corrected chi connectivity index (χ1v) is 9.42. The van der Waals surface area contributed by atoms with Crippen LogP contribution in [0.1, 0.15) is 17.3 Å². The highest BCUT2D eigenvalue weighted by atomic mass is 16.5. The monoisotopic (exact) mass is 381 g/mol. The van der Waals surface area contributed by atoms with Gasteiger partial charge in [-0.2, -0.15) is 0 Å². The van der Waals surface area contributed by atoms with Gasteiger partial charge in [0.05, 0.1) is 12.6 Å². The number of hydrogen-bond donors (Lipinski definition) is 0. The maximum absolute atomic E-state index is 13.0. The molecule has 1 amide bonds. The standard InChI is InChI=1S/C21H23N3O4/c1-3-24-18-13-15(7-8-19(18)28-21(24)26)20(25)23-11-9-22(10-12-23)16-5-4-6-17(14-16)27-2/h4-8,13-14H,3,9-12H2,1-2H3. The van der Waals surface area contributed by atoms with Crippen molar-refractivity contribution in [1.29, 1.82) is 0 Å². The molecule has 1 fully saturated rings. The van der Waals surface area contributed by atoms with Crippen molar-refractivity contribution in [2.45, 2.75) is 13.5 Å². The van der Waals surface area contributed by atoms with Crippen LogP contribution in [0.15, 0.2) is 51.7 Å². The van der Waals surface area contributed by atoms with E-state index in [0.717, 1.165) is 24.5 Å². The second-order valence-electron chi connectivity index (χ2n) is 6.78. The lowest BCUT2D eigenvalue weighted by Crippen LogP contribution is -2.48. The van der Waals surface area contributed by atoms with Gasteiger partial charge < -0.3 is 19.0 Å². The van der Waals surface area contributed by atoms with Crippen molar-refractivity contribution in [2.75, 3.05) is 38.2 Å². The first-order chi connectivity index (χ1) is 13.6. The van der Waals surface area contributed by atoms with Crippen molar-refractivity contribution >= 4 is 22.7 Å². The van der Waals surface area contributed by atoms with Crippen LogP contribution in [-0.2, 0) is 6.54 Å². The number of hydrogen-bond acceptors (Lipinski definition) is 5. The molecule has 1 aliphatic rings. The molecule has 1 saturated heterocycles. The number of rotatable bonds is 4. The first kappa shape index (κ1) is 18.2. The molecule has 1 aromatic heterocycles. The van der Waals surface area contributed by atoms with Crippen molar-refractivity contribution in [3.05, 3.63) is 58.6 Å². The van der Waals surface area contributed by atoms with Crippen molar-refractivity contribution in [2.24, 2.45) is 0 Å². The highest BCUT2D eigenvalue weighted by Crippen LogP contribution is 2.23. The number of nitrogens with zero attached hydrogens (tertiary/aromatic N) is 3. The lowest BCUT2D eigenvalue weighted by atomic mass is 10.1. The minimum Gasteiger partial charge on any atom is -0.497 e. The molecule has 0 saturated carbocycles. The van der Waals surface area contributed by atoms with Crippen LogP contribution >= 0.6 is 0 Å². The van der Waals surface area contributed by atoms with Crippen LogP contribution in [0.3, 0.4) is 0 Å². The molecule has 2 aromatic carbocycles. The topological polar surface area (TPSA) is 67.9 Å². The summed E-state index contributed by atoms with van der Waals surface area (Å²) in [6.07, 6.45) is 0. The Morgan fingerprint density at radius 2 is 1.89 bits per heavy atom. The van der Waals surface area contributed by atoms with Gasteiger partial charge in [-0.15, -0.1) is 0 Å². The molecule has 146 valence electrons. The van der Waals surface area contributed by atoms with Gasteiger partial charge in [-0.25, -0.2) is 4.79 Å². The number of ether oxygens (including phenoxy) is 1. The zero-order chi connectivity index (χ0) is 19.7. The summed E-state index contributed by atoms with van der Waals surface area (Å²) < 4.78 is 12.0. The fourth-order valence-electron chi connectivity index (χ4n) is 3.65. The molecule has 0 unspecified atom stereocenters. The number of aryl methyl sites for hydroxylation is 1. The van der Waals surface area contributed by atoms with Gasteiger partial charge in [0.1, 0.15) is 5.75 Å². The minimum atomic E-state index is -0.394. The van der Waals surface area contributed by atoms with E-state index in [1.165, 1.54) is 4.57 Å². The maximum Gasteiger partial charge on any atom is 0.419 e. The van der Waals surface area contributed by atoms with Gasteiger partial charge in [0.2, 0.25) is 0 Å². The Labute approximate surface area is 162 Å². The van der Waals surface area contributed by atoms with Crippen LogP contribution in [-0.4, -0.2) is 48.7 Å². The Hall–Kier alpha value is -3.22. The number of carbonyl (C=O) groups is 1. The summed E-state index contributed by atoms with van der Waals surface area (Å²) in [6, 6.07) is 13.1. The summed E-state index contributed by atoms with van der Waals surface area (Å²) in [6.45, 7) is 5.17. The Kier molecular flexibility index (Phi) is 4.81. The van der Waals surface area contributed by atoms with E-state index in [2.05, 4.69) is 11.0 Å². The Bertz CT molecular complexity index is 1060. The number of amides is 1. The smallest absolute Gasteiger partial charge is 0.419 e. The second kappa shape index (κ2) is 7.42. The summed E-state index contributed by atoms with van der Waals surface area (Å²) in [5.41, 5.74) is 2.84. The Morgan fingerprint density at radius 1 is 1.11 bits per heavy atom. The van der Waals surface area contributed by atoms with Crippen LogP contribution in [0.2, 0.25) is 0 Å². The number of fused-ring (bicyclic) bond motifs is 1. The predicted octanol–water partition coefficient (Wildman–Crippen LogP) is 2.59. The van der Waals surface area contributed by atoms with Gasteiger partial charge in [0.25, 0.3) is 5.91 Å². The predicted molar refractivity (Wildman–Crippen MR) is 107 cm³/mol. The molecule has 4 rings (SSSR count). The third kappa shape index (κ3) is 3.24. The van der Waals surface area contributed by atoms with Gasteiger partial charge in [-0.1, -0.05) is 6.07 Å². The molecule has 3 aromatic rings. The zero-order valence-electron chi connectivity index (χ0n) is 16.1. The fourth-order valence-corrected chi connectivity index (χ4v) is 3.65. The normalized spacial score (nSPS) is 14.5. The van der Waals surface area contributed by atoms with Crippen LogP contribution in [0.5, 0.6) is 5.75 Å². The molecule has 1 aliphatic heterocycles. The zero-order valence-corrected chi connectivity index (χ0v) is 16.1. The quantitative estimate of drug-likeness (QED) is 0.695. The van der Waals surface area contributed by atoms with Crippen molar-refractivity contribution < 1.29 is 13.9 Å². The number of methoxy groups -OCH3 is 1. The number of anilines is 1. The molecule has 28 heavy (non-hydrogen) atoms. The largest absolute Gasteiger partial charge is 0.497 e. The van der Waals surface area contributed by atoms with Gasteiger partial charge >= 0.3 is 5.76 Å². The summed E-state index contributed by atoms with van der Waals surface area (Å²) in [7, 11) is 1.66. The maximum atomic E-state index is 13.0. The van der Waals surface area contributed by atoms with Gasteiger partial charge in [0, 0.05) is 50.0 Å². The highest BCUT2D eigenvalue weighted by Gasteiger charge is 2.23. The third-order valence-corrected chi connectivity index (χ3v) is 5.22. The molecule has 0 radical (unpaired) electrons. The fraction of sp³-hybridized carbons (Fsp3) is 0.333. The van der Waals surface area contributed by atoms with E-state index in [-0.39, 0.29) is 5.91 Å². The van der Waals surface area contributed by atoms with E-state index in [0.29, 0.717) is 36.3 Å². The number of oxazole rings is 1. The average Bonchev–Trinajstić information content (AvgIpc) is 3.07. The highest BCUT2D eigenvalue weighted by molar-refractivity contribution is 5.97. The van der Waals surface area contributed by atoms with E-state index < -0.39 is 5.76 Å². The number of aromatic nitrogens is 1. The summed E-state index contributed by atoms with van der Waals surface area (Å²) >= 11 is 0. The molecule has 0 aliphatic carbocycles. The third-order valence-electron chi connectivity index (χ3n) is 5.22. The average molecular weight is 381 g/mol. The second-order valence-corrected chi connectivity index (χ2v) is 6.78. The van der Waals surface area contributed by atoms with E-state index >= 15 is 0 Å². The first-order valence-electron chi connectivity index (χ1n) is 9.42. The number of piperazine rings is 1. The van der Waals surface area contributed by atoms with Crippen molar-refractivity contribution in [1.82, 2.24) is 9.47 Å². The van der Waals surface area contributed by atoms with Crippen LogP contribution in [0, 0.1) is 0 Å². The van der Waals surface area contributed by atoms with Crippen LogP contribution in [0.25, 0.3) is 11.1 Å². The van der Waals surface area contributed by atoms with Gasteiger partial charge in [-0.3, -0.25) is 9.36 Å². The molecule has 0 N–H and O–H groups in total. The van der Waals surface area contributed by atoms with Crippen LogP contribution in [0.4, 0.5) is 5.69 Å². The van der Waals surface area contributed by atoms with Gasteiger partial charge in [0.15, 0.2) is 5.58 Å². The minimum absolute atomic E-state index is 0.0245. The summed E-state index contributed by atoms with van der Waals surface area (Å²) in [5, 5.41) is 0. The number of carbonyl (C=O) groups excluding carboxylic acids is 1. The Morgan fingerprint density at radius 3 is 2.61 bits per heavy atom. The summed E-state index contributed by atoms with van der Waals surface area (Å²) in [5.74, 6) is 0.406. The van der Waals surface area contributed by atoms with Crippen molar-refractivity contribution in [3.8, 4) is 5.75 Å². The van der Waals surface area contributed by atoms with E-state index in [1.807, 2.05) is 30.0 Å². The molecular formula is C21H23N3O4. The van der Waals surface area contributed by atoms with Crippen molar-refractivity contribution in [3.63, 3.8) is 0 Å². The van der Waals surface area contributed by atoms with E-state index in [4.69, 9.17) is 9.15 Å². The van der Waals surface area contributed by atoms with E-state index in [1.54, 1.807) is 25.3 Å². The molecular weight excluding hydrogens is 358 g/mol. The van der Waals surface area contributed by atoms with E-state index in [9.17, 15) is 9.59 Å². The van der Waals surface area contributed by atoms with Gasteiger partial charge in [-0.05, 0) is 37.3 Å². The lowest BCUT2D eigenvalue weighted by molar-refractivity contribution is 0.0747. The molecule has 7 heteroatoms. The lowest BCUT2D eigenvalue weighted by Gasteiger charge is -2.36. The molecule has 0 atom stereocenters. The van der Waals surface area contributed by atoms with Crippen LogP contribution < -0.4 is 15.4 Å². The summed E-state index contributed by atoms with van der Waals surface area (Å²) in [4.78, 5) is 28.9. The molecule has 0 spiro atoms. The Balaban J connectivity index is 1.49. The number of benzene rings is 2. The SMILES string of the molecule is CCn1c(=O)oc2ccc(C(=O)N3CCN(c4cccc(OC)c4)CC3)cc21. The molecule has 7 nitrogen and oxygen atoms in total. The molecule has 0 bridgehead atoms. The molecule has 2 heterocycles.